The van der Waals surface area contributed by atoms with Crippen LogP contribution in [0.15, 0.2) is 0 Å². The van der Waals surface area contributed by atoms with E-state index in [2.05, 4.69) is 9.60 Å². The number of carbonyl (C=O) groups is 2. The molecule has 24 heavy (non-hydrogen) atoms. The summed E-state index contributed by atoms with van der Waals surface area (Å²) in [4.78, 5) is 25.6. The van der Waals surface area contributed by atoms with Gasteiger partial charge in [0.2, 0.25) is 0 Å². The number of carbonyl (C=O) groups excluding carboxylic acids is 2. The summed E-state index contributed by atoms with van der Waals surface area (Å²) in [5.74, 6) is -0.718. The van der Waals surface area contributed by atoms with Crippen molar-refractivity contribution in [2.24, 2.45) is 0 Å². The van der Waals surface area contributed by atoms with Gasteiger partial charge in [-0.05, 0) is 25.8 Å². The van der Waals surface area contributed by atoms with Gasteiger partial charge in [0, 0.05) is 13.1 Å². The zero-order valence-corrected chi connectivity index (χ0v) is 13.4. The molecule has 3 rings (SSSR count). The minimum absolute atomic E-state index is 0.0688. The Morgan fingerprint density at radius 3 is 2.75 bits per heavy atom. The van der Waals surface area contributed by atoms with E-state index in [4.69, 9.17) is 9.29 Å². The smallest absolute Gasteiger partial charge is 0.418 e. The molecule has 0 radical (unpaired) electrons. The number of hydroxylamine groups is 2. The maximum absolute atomic E-state index is 13.7. The van der Waals surface area contributed by atoms with Gasteiger partial charge < -0.3 is 15.0 Å². The van der Waals surface area contributed by atoms with Crippen molar-refractivity contribution in [3.8, 4) is 0 Å². The van der Waals surface area contributed by atoms with Gasteiger partial charge in [0.25, 0.3) is 0 Å². The lowest BCUT2D eigenvalue weighted by atomic mass is 10.0. The quantitative estimate of drug-likeness (QED) is 0.490. The average Bonchev–Trinajstić information content (AvgIpc) is 2.73. The van der Waals surface area contributed by atoms with Crippen molar-refractivity contribution in [3.05, 3.63) is 0 Å². The number of ether oxygens (including phenoxy) is 1. The molecule has 3 aliphatic heterocycles. The first-order chi connectivity index (χ1) is 11.3. The van der Waals surface area contributed by atoms with Gasteiger partial charge in [0.1, 0.15) is 18.3 Å². The van der Waals surface area contributed by atoms with E-state index in [9.17, 15) is 22.4 Å². The molecule has 0 aromatic rings. The highest BCUT2D eigenvalue weighted by molar-refractivity contribution is 7.80. The van der Waals surface area contributed by atoms with E-state index in [1.807, 2.05) is 0 Å². The Kier molecular flexibility index (Phi) is 4.64. The number of esters is 1. The Bertz CT molecular complexity index is 630. The van der Waals surface area contributed by atoms with Gasteiger partial charge in [-0.3, -0.25) is 4.55 Å². The minimum atomic E-state index is -4.84. The molecule has 0 aromatic heterocycles. The second-order valence-electron chi connectivity index (χ2n) is 5.99. The fourth-order valence-electron chi connectivity index (χ4n) is 3.23. The largest absolute Gasteiger partial charge is 0.458 e. The van der Waals surface area contributed by atoms with Gasteiger partial charge in [-0.25, -0.2) is 14.0 Å². The summed E-state index contributed by atoms with van der Waals surface area (Å²) in [5, 5.41) is 3.39. The molecule has 3 fully saturated rings. The third-order valence-corrected chi connectivity index (χ3v) is 4.73. The number of halogens is 1. The van der Waals surface area contributed by atoms with Crippen molar-refractivity contribution >= 4 is 22.4 Å². The van der Waals surface area contributed by atoms with E-state index in [1.54, 1.807) is 0 Å². The molecule has 2 N–H and O–H groups in total. The summed E-state index contributed by atoms with van der Waals surface area (Å²) < 4.78 is 53.6. The third-order valence-electron chi connectivity index (χ3n) is 4.39. The highest BCUT2D eigenvalue weighted by Gasteiger charge is 2.50. The number of urea groups is 1. The second-order valence-corrected chi connectivity index (χ2v) is 7.00. The van der Waals surface area contributed by atoms with Crippen molar-refractivity contribution in [2.45, 2.75) is 43.6 Å². The van der Waals surface area contributed by atoms with Gasteiger partial charge in [-0.1, -0.05) is 0 Å². The molecule has 0 aliphatic carbocycles. The first-order valence-electron chi connectivity index (χ1n) is 7.58. The summed E-state index contributed by atoms with van der Waals surface area (Å²) in [6, 6.07) is -2.36. The molecule has 3 heterocycles. The molecule has 4 atom stereocenters. The van der Waals surface area contributed by atoms with Gasteiger partial charge in [0.05, 0.1) is 6.04 Å². The zero-order valence-electron chi connectivity index (χ0n) is 12.6. The molecule has 0 aromatic carbocycles. The summed E-state index contributed by atoms with van der Waals surface area (Å²) in [7, 11) is -4.84. The average molecular weight is 367 g/mol. The maximum atomic E-state index is 13.7. The molecule has 3 saturated heterocycles. The number of hydrogen-bond donors (Lipinski definition) is 2. The van der Waals surface area contributed by atoms with Crippen molar-refractivity contribution in [3.63, 3.8) is 0 Å². The molecular weight excluding hydrogens is 349 g/mol. The number of nitrogens with zero attached hydrogens (tertiary/aromatic N) is 2. The molecule has 136 valence electrons. The van der Waals surface area contributed by atoms with E-state index < -0.39 is 46.8 Å². The third kappa shape index (κ3) is 3.45. The highest BCUT2D eigenvalue weighted by atomic mass is 32.3. The molecule has 12 heteroatoms. The van der Waals surface area contributed by atoms with E-state index in [-0.39, 0.29) is 19.5 Å². The molecule has 0 saturated carbocycles. The summed E-state index contributed by atoms with van der Waals surface area (Å²) in [6.45, 7) is 0.701. The van der Waals surface area contributed by atoms with Crippen molar-refractivity contribution in [1.29, 1.82) is 0 Å². The molecule has 2 bridgehead atoms. The second kappa shape index (κ2) is 6.43. The van der Waals surface area contributed by atoms with Crippen LogP contribution in [0.5, 0.6) is 0 Å². The van der Waals surface area contributed by atoms with Crippen LogP contribution in [0.4, 0.5) is 9.18 Å². The van der Waals surface area contributed by atoms with E-state index in [1.165, 1.54) is 0 Å². The maximum Gasteiger partial charge on any atom is 0.418 e. The number of hydrogen-bond acceptors (Lipinski definition) is 7. The van der Waals surface area contributed by atoms with E-state index in [0.29, 0.717) is 24.4 Å². The summed E-state index contributed by atoms with van der Waals surface area (Å²) >= 11 is 0. The molecule has 0 unspecified atom stereocenters. The van der Waals surface area contributed by atoms with Crippen LogP contribution in [0.1, 0.15) is 19.3 Å². The lowest BCUT2D eigenvalue weighted by molar-refractivity contribution is -0.159. The monoisotopic (exact) mass is 367 g/mol. The van der Waals surface area contributed by atoms with Gasteiger partial charge in [-0.15, -0.1) is 4.28 Å². The van der Waals surface area contributed by atoms with Crippen LogP contribution in [-0.2, 0) is 24.2 Å². The van der Waals surface area contributed by atoms with Crippen molar-refractivity contribution < 1.29 is 36.0 Å². The molecule has 10 nitrogen and oxygen atoms in total. The Labute approximate surface area is 137 Å². The topological polar surface area (TPSA) is 125 Å². The van der Waals surface area contributed by atoms with Crippen LogP contribution in [0.2, 0.25) is 0 Å². The Hall–Kier alpha value is -1.50. The van der Waals surface area contributed by atoms with E-state index in [0.717, 1.165) is 4.90 Å². The van der Waals surface area contributed by atoms with E-state index >= 15 is 0 Å². The normalized spacial score (nSPS) is 33.7. The Morgan fingerprint density at radius 1 is 1.33 bits per heavy atom. The number of fused-ring (bicyclic) bond motifs is 2. The minimum Gasteiger partial charge on any atom is -0.458 e. The zero-order chi connectivity index (χ0) is 17.5. The fourth-order valence-corrected chi connectivity index (χ4v) is 3.62. The van der Waals surface area contributed by atoms with Crippen LogP contribution in [-0.4, -0.2) is 78.9 Å². The van der Waals surface area contributed by atoms with Crippen LogP contribution >= 0.6 is 0 Å². The van der Waals surface area contributed by atoms with Crippen LogP contribution in [0.25, 0.3) is 0 Å². The van der Waals surface area contributed by atoms with Crippen molar-refractivity contribution in [1.82, 2.24) is 15.3 Å². The van der Waals surface area contributed by atoms with Gasteiger partial charge >= 0.3 is 22.4 Å². The van der Waals surface area contributed by atoms with Gasteiger partial charge in [-0.2, -0.15) is 13.5 Å². The number of alkyl halides is 1. The highest BCUT2D eigenvalue weighted by Crippen LogP contribution is 2.31. The van der Waals surface area contributed by atoms with Gasteiger partial charge in [0.15, 0.2) is 0 Å². The standard InChI is InChI=1S/C12H18FN3O7S/c13-8-5-14-4-3-10(8)22-11(17)9-2-1-7-6-15(9)12(18)16(7)23-24(19,20)21/h7-10,14H,1-6H2,(H,19,20,21)/t7-,8+,9+,10+/m1/s1. The Morgan fingerprint density at radius 2 is 2.08 bits per heavy atom. The number of amides is 2. The molecule has 2 amide bonds. The molecule has 3 aliphatic rings. The predicted octanol–water partition coefficient (Wildman–Crippen LogP) is -0.767. The molecular formula is C12H18FN3O7S. The fraction of sp³-hybridized carbons (Fsp3) is 0.833. The number of rotatable bonds is 4. The molecule has 0 spiro atoms. The number of nitrogens with one attached hydrogen (secondary N) is 1. The first kappa shape index (κ1) is 17.3. The Balaban J connectivity index is 1.66. The van der Waals surface area contributed by atoms with Crippen molar-refractivity contribution in [2.75, 3.05) is 19.6 Å². The summed E-state index contributed by atoms with van der Waals surface area (Å²) in [5.41, 5.74) is 0. The lowest BCUT2D eigenvalue weighted by Gasteiger charge is -2.32. The first-order valence-corrected chi connectivity index (χ1v) is 8.95. The SMILES string of the molecule is O=C(O[C@H]1CCNC[C@@H]1F)[C@@H]1CC[C@@H]2CN1C(=O)N2OS(=O)(=O)O. The predicted molar refractivity (Wildman–Crippen MR) is 75.6 cm³/mol. The van der Waals surface area contributed by atoms with Crippen LogP contribution in [0.3, 0.4) is 0 Å². The lowest BCUT2D eigenvalue weighted by Crippen LogP contribution is -2.50. The number of piperidine rings is 2. The van der Waals surface area contributed by atoms with Crippen LogP contribution in [0, 0.1) is 0 Å². The summed E-state index contributed by atoms with van der Waals surface area (Å²) in [6.07, 6.45) is -1.30. The van der Waals surface area contributed by atoms with Crippen LogP contribution < -0.4 is 5.32 Å².